The van der Waals surface area contributed by atoms with Crippen molar-refractivity contribution in [3.63, 3.8) is 0 Å². The minimum absolute atomic E-state index is 0.873. The van der Waals surface area contributed by atoms with Crippen molar-refractivity contribution in [1.29, 1.82) is 0 Å². The summed E-state index contributed by atoms with van der Waals surface area (Å²) < 4.78 is 3.77. The Kier molecular flexibility index (Phi) is 2.65. The number of hydrogen-bond acceptors (Lipinski definition) is 4. The van der Waals surface area contributed by atoms with Crippen LogP contribution in [0.25, 0.3) is 12.2 Å². The molecule has 0 bridgehead atoms. The van der Waals surface area contributed by atoms with Gasteiger partial charge in [0.25, 0.3) is 0 Å². The molecule has 2 aromatic heterocycles. The monoisotopic (exact) mass is 203 g/mol. The van der Waals surface area contributed by atoms with Crippen molar-refractivity contribution >= 4 is 23.7 Å². The summed E-state index contributed by atoms with van der Waals surface area (Å²) in [6.45, 7) is 1.97. The molecule has 70 valence electrons. The summed E-state index contributed by atoms with van der Waals surface area (Å²) in [5.74, 6) is 0. The summed E-state index contributed by atoms with van der Waals surface area (Å²) in [6.07, 6.45) is 3.84. The number of nitrogens with zero attached hydrogens (tertiary/aromatic N) is 3. The van der Waals surface area contributed by atoms with Crippen LogP contribution in [0.1, 0.15) is 17.1 Å². The van der Waals surface area contributed by atoms with Crippen molar-refractivity contribution in [3.05, 3.63) is 40.7 Å². The lowest BCUT2D eigenvalue weighted by Gasteiger charge is -1.93. The Morgan fingerprint density at radius 3 is 2.79 bits per heavy atom. The van der Waals surface area contributed by atoms with E-state index < -0.39 is 0 Å². The standard InChI is InChI=1S/C10H9N3S/c1-8-3-2-4-9(11-8)5-6-10-7-14-13-12-10/h2-7H,1H3. The third-order valence-electron chi connectivity index (χ3n) is 1.71. The zero-order chi connectivity index (χ0) is 9.80. The second-order valence-corrected chi connectivity index (χ2v) is 3.48. The first-order chi connectivity index (χ1) is 6.84. The maximum atomic E-state index is 4.34. The van der Waals surface area contributed by atoms with Crippen LogP contribution in [-0.4, -0.2) is 14.6 Å². The molecule has 0 radical (unpaired) electrons. The van der Waals surface area contributed by atoms with Gasteiger partial charge >= 0.3 is 0 Å². The summed E-state index contributed by atoms with van der Waals surface area (Å²) in [7, 11) is 0. The van der Waals surface area contributed by atoms with Crippen molar-refractivity contribution in [2.75, 3.05) is 0 Å². The Morgan fingerprint density at radius 2 is 2.07 bits per heavy atom. The van der Waals surface area contributed by atoms with Crippen LogP contribution in [0.4, 0.5) is 0 Å². The molecule has 3 nitrogen and oxygen atoms in total. The molecule has 0 N–H and O–H groups in total. The highest BCUT2D eigenvalue weighted by Crippen LogP contribution is 2.05. The fraction of sp³-hybridized carbons (Fsp3) is 0.100. The van der Waals surface area contributed by atoms with E-state index in [4.69, 9.17) is 0 Å². The van der Waals surface area contributed by atoms with Crippen molar-refractivity contribution in [3.8, 4) is 0 Å². The van der Waals surface area contributed by atoms with Gasteiger partial charge in [-0.3, -0.25) is 4.98 Å². The van der Waals surface area contributed by atoms with Crippen molar-refractivity contribution in [1.82, 2.24) is 14.6 Å². The minimum Gasteiger partial charge on any atom is -0.254 e. The van der Waals surface area contributed by atoms with Crippen LogP contribution in [0, 0.1) is 6.92 Å². The smallest absolute Gasteiger partial charge is 0.0982 e. The number of hydrogen-bond donors (Lipinski definition) is 0. The molecule has 0 fully saturated rings. The first-order valence-corrected chi connectivity index (χ1v) is 5.07. The van der Waals surface area contributed by atoms with Gasteiger partial charge in [-0.15, -0.1) is 5.10 Å². The molecular formula is C10H9N3S. The first-order valence-electron chi connectivity index (χ1n) is 4.23. The predicted octanol–water partition coefficient (Wildman–Crippen LogP) is 2.41. The van der Waals surface area contributed by atoms with Crippen molar-refractivity contribution in [2.45, 2.75) is 6.92 Å². The van der Waals surface area contributed by atoms with Crippen LogP contribution in [0.5, 0.6) is 0 Å². The normalized spacial score (nSPS) is 10.9. The minimum atomic E-state index is 0.873. The van der Waals surface area contributed by atoms with Crippen molar-refractivity contribution in [2.24, 2.45) is 0 Å². The highest BCUT2D eigenvalue weighted by Gasteiger charge is 1.91. The fourth-order valence-electron chi connectivity index (χ4n) is 1.07. The predicted molar refractivity (Wildman–Crippen MR) is 57.8 cm³/mol. The summed E-state index contributed by atoms with van der Waals surface area (Å²) in [5.41, 5.74) is 2.83. The molecular weight excluding hydrogens is 194 g/mol. The number of aryl methyl sites for hydroxylation is 1. The molecule has 2 heterocycles. The topological polar surface area (TPSA) is 38.7 Å². The second-order valence-electron chi connectivity index (χ2n) is 2.87. The van der Waals surface area contributed by atoms with E-state index >= 15 is 0 Å². The maximum Gasteiger partial charge on any atom is 0.0982 e. The Balaban J connectivity index is 2.18. The molecule has 14 heavy (non-hydrogen) atoms. The summed E-state index contributed by atoms with van der Waals surface area (Å²) in [4.78, 5) is 4.34. The Labute approximate surface area is 86.3 Å². The zero-order valence-electron chi connectivity index (χ0n) is 7.71. The van der Waals surface area contributed by atoms with E-state index in [9.17, 15) is 0 Å². The molecule has 0 aromatic carbocycles. The molecule has 0 amide bonds. The van der Waals surface area contributed by atoms with E-state index in [1.54, 1.807) is 0 Å². The van der Waals surface area contributed by atoms with Gasteiger partial charge in [-0.2, -0.15) is 0 Å². The number of rotatable bonds is 2. The van der Waals surface area contributed by atoms with E-state index in [0.717, 1.165) is 17.1 Å². The van der Waals surface area contributed by atoms with Crippen LogP contribution >= 0.6 is 11.5 Å². The van der Waals surface area contributed by atoms with Crippen LogP contribution in [0.2, 0.25) is 0 Å². The molecule has 0 aliphatic carbocycles. The van der Waals surface area contributed by atoms with Crippen LogP contribution in [0.15, 0.2) is 23.6 Å². The lowest BCUT2D eigenvalue weighted by Crippen LogP contribution is -1.83. The molecule has 0 spiro atoms. The lowest BCUT2D eigenvalue weighted by atomic mass is 10.3. The molecule has 0 unspecified atom stereocenters. The van der Waals surface area contributed by atoms with Gasteiger partial charge in [0.1, 0.15) is 0 Å². The van der Waals surface area contributed by atoms with Gasteiger partial charge in [-0.25, -0.2) is 0 Å². The molecule has 2 rings (SSSR count). The summed E-state index contributed by atoms with van der Waals surface area (Å²) in [5, 5.41) is 5.80. The summed E-state index contributed by atoms with van der Waals surface area (Å²) in [6, 6.07) is 5.92. The maximum absolute atomic E-state index is 4.34. The SMILES string of the molecule is Cc1cccc(C=Cc2csnn2)n1. The van der Waals surface area contributed by atoms with Gasteiger partial charge < -0.3 is 0 Å². The van der Waals surface area contributed by atoms with E-state index in [-0.39, 0.29) is 0 Å². The Morgan fingerprint density at radius 1 is 1.21 bits per heavy atom. The molecule has 0 atom stereocenters. The average molecular weight is 203 g/mol. The average Bonchev–Trinajstić information content (AvgIpc) is 2.67. The zero-order valence-corrected chi connectivity index (χ0v) is 8.53. The summed E-state index contributed by atoms with van der Waals surface area (Å²) >= 11 is 1.35. The van der Waals surface area contributed by atoms with Gasteiger partial charge in [0.2, 0.25) is 0 Å². The number of aromatic nitrogens is 3. The molecule has 0 saturated carbocycles. The first kappa shape index (κ1) is 9.02. The van der Waals surface area contributed by atoms with E-state index in [0.29, 0.717) is 0 Å². The van der Waals surface area contributed by atoms with Crippen LogP contribution < -0.4 is 0 Å². The Bertz CT molecular complexity index is 434. The highest BCUT2D eigenvalue weighted by molar-refractivity contribution is 7.03. The van der Waals surface area contributed by atoms with Gasteiger partial charge in [0.15, 0.2) is 0 Å². The van der Waals surface area contributed by atoms with Gasteiger partial charge in [-0.05, 0) is 42.7 Å². The molecule has 4 heteroatoms. The van der Waals surface area contributed by atoms with Gasteiger partial charge in [-0.1, -0.05) is 10.6 Å². The van der Waals surface area contributed by atoms with E-state index in [2.05, 4.69) is 14.6 Å². The molecule has 0 aliphatic rings. The van der Waals surface area contributed by atoms with Crippen molar-refractivity contribution < 1.29 is 0 Å². The van der Waals surface area contributed by atoms with Gasteiger partial charge in [0.05, 0.1) is 11.4 Å². The Hall–Kier alpha value is -1.55. The molecule has 0 aliphatic heterocycles. The molecule has 2 aromatic rings. The van der Waals surface area contributed by atoms with E-state index in [1.807, 2.05) is 42.7 Å². The third kappa shape index (κ3) is 2.23. The fourth-order valence-corrected chi connectivity index (χ4v) is 1.49. The highest BCUT2D eigenvalue weighted by atomic mass is 32.1. The van der Waals surface area contributed by atoms with Crippen LogP contribution in [-0.2, 0) is 0 Å². The lowest BCUT2D eigenvalue weighted by molar-refractivity contribution is 1.14. The second kappa shape index (κ2) is 4.11. The van der Waals surface area contributed by atoms with Gasteiger partial charge in [0, 0.05) is 11.1 Å². The van der Waals surface area contributed by atoms with E-state index in [1.165, 1.54) is 11.5 Å². The number of pyridine rings is 1. The van der Waals surface area contributed by atoms with Crippen LogP contribution in [0.3, 0.4) is 0 Å². The quantitative estimate of drug-likeness (QED) is 0.752. The third-order valence-corrected chi connectivity index (χ3v) is 2.23. The molecule has 0 saturated heterocycles. The largest absolute Gasteiger partial charge is 0.254 e.